The van der Waals surface area contributed by atoms with Gasteiger partial charge in [-0.1, -0.05) is 13.3 Å². The molecule has 2 aliphatic rings. The van der Waals surface area contributed by atoms with E-state index in [1.165, 1.54) is 0 Å². The smallest absolute Gasteiger partial charge is 0.320 e. The molecule has 2 saturated heterocycles. The summed E-state index contributed by atoms with van der Waals surface area (Å²) in [4.78, 5) is 27.3. The van der Waals surface area contributed by atoms with Crippen LogP contribution in [0.2, 0.25) is 0 Å². The van der Waals surface area contributed by atoms with Crippen LogP contribution in [0.5, 0.6) is 0 Å². The number of carbonyl (C=O) groups is 2. The summed E-state index contributed by atoms with van der Waals surface area (Å²) in [7, 11) is -3.05. The molecule has 2 rings (SSSR count). The summed E-state index contributed by atoms with van der Waals surface area (Å²) in [6.45, 7) is 3.24. The average Bonchev–Trinajstić information content (AvgIpc) is 3.06. The van der Waals surface area contributed by atoms with Crippen LogP contribution in [0.4, 0.5) is 0 Å². The molecule has 9 heteroatoms. The number of hydrogen-bond acceptors (Lipinski definition) is 5. The quantitative estimate of drug-likeness (QED) is 0.698. The minimum absolute atomic E-state index is 0. The van der Waals surface area contributed by atoms with E-state index in [-0.39, 0.29) is 42.4 Å². The molecule has 0 radical (unpaired) electrons. The van der Waals surface area contributed by atoms with Crippen molar-refractivity contribution in [1.29, 1.82) is 0 Å². The molecule has 0 aliphatic carbocycles. The average molecular weight is 383 g/mol. The lowest BCUT2D eigenvalue weighted by Gasteiger charge is -2.31. The zero-order chi connectivity index (χ0) is 17.0. The molecule has 2 unspecified atom stereocenters. The van der Waals surface area contributed by atoms with Gasteiger partial charge in [-0.15, -0.1) is 12.4 Å². The van der Waals surface area contributed by atoms with Gasteiger partial charge < -0.3 is 10.0 Å². The Hall–Kier alpha value is -0.860. The number of unbranched alkanes of at least 4 members (excludes halogenated alkanes) is 1. The maximum atomic E-state index is 12.7. The van der Waals surface area contributed by atoms with Crippen LogP contribution < -0.4 is 0 Å². The molecule has 140 valence electrons. The van der Waals surface area contributed by atoms with Crippen LogP contribution in [0.3, 0.4) is 0 Å². The number of carbonyl (C=O) groups excluding carboxylic acids is 1. The molecule has 2 heterocycles. The van der Waals surface area contributed by atoms with Crippen LogP contribution in [0.25, 0.3) is 0 Å². The maximum absolute atomic E-state index is 12.7. The molecule has 2 fully saturated rings. The molecule has 2 aliphatic heterocycles. The summed E-state index contributed by atoms with van der Waals surface area (Å²) in [6, 6.07) is -0.857. The van der Waals surface area contributed by atoms with E-state index in [1.807, 2.05) is 6.92 Å². The Kier molecular flexibility index (Phi) is 7.95. The van der Waals surface area contributed by atoms with Crippen molar-refractivity contribution in [2.75, 3.05) is 31.1 Å². The van der Waals surface area contributed by atoms with Crippen molar-refractivity contribution < 1.29 is 23.1 Å². The molecule has 0 bridgehead atoms. The van der Waals surface area contributed by atoms with Gasteiger partial charge in [-0.05, 0) is 32.2 Å². The molecule has 7 nitrogen and oxygen atoms in total. The predicted molar refractivity (Wildman–Crippen MR) is 93.2 cm³/mol. The Morgan fingerprint density at radius 3 is 2.54 bits per heavy atom. The largest absolute Gasteiger partial charge is 0.480 e. The van der Waals surface area contributed by atoms with Crippen LogP contribution in [0, 0.1) is 0 Å². The fraction of sp³-hybridized carbons (Fsp3) is 0.867. The number of rotatable bonds is 7. The molecule has 0 spiro atoms. The van der Waals surface area contributed by atoms with Crippen LogP contribution in [-0.4, -0.2) is 78.4 Å². The number of likely N-dealkylation sites (tertiary alicyclic amines) is 1. The second-order valence-electron chi connectivity index (χ2n) is 6.46. The lowest BCUT2D eigenvalue weighted by Crippen LogP contribution is -2.48. The van der Waals surface area contributed by atoms with Gasteiger partial charge in [-0.3, -0.25) is 14.5 Å². The third-order valence-electron chi connectivity index (χ3n) is 4.71. The normalized spacial score (nSPS) is 26.0. The van der Waals surface area contributed by atoms with Gasteiger partial charge in [0.05, 0.1) is 18.1 Å². The van der Waals surface area contributed by atoms with Crippen molar-refractivity contribution >= 4 is 34.1 Å². The molecule has 0 aromatic carbocycles. The van der Waals surface area contributed by atoms with Crippen molar-refractivity contribution in [2.45, 2.75) is 51.1 Å². The van der Waals surface area contributed by atoms with Gasteiger partial charge in [0.1, 0.15) is 6.04 Å². The number of aliphatic carboxylic acids is 1. The van der Waals surface area contributed by atoms with Crippen molar-refractivity contribution in [3.8, 4) is 0 Å². The number of amides is 1. The highest BCUT2D eigenvalue weighted by atomic mass is 35.5. The van der Waals surface area contributed by atoms with Crippen molar-refractivity contribution in [1.82, 2.24) is 9.80 Å². The predicted octanol–water partition coefficient (Wildman–Crippen LogP) is 0.773. The first-order valence-corrected chi connectivity index (χ1v) is 10.1. The SMILES string of the molecule is CCCCN(C(=O)CN1CCCC1C(=O)O)C1CCS(=O)(=O)C1.Cl. The minimum atomic E-state index is -3.05. The van der Waals surface area contributed by atoms with Crippen LogP contribution >= 0.6 is 12.4 Å². The van der Waals surface area contributed by atoms with E-state index in [0.29, 0.717) is 25.9 Å². The Bertz CT molecular complexity index is 554. The van der Waals surface area contributed by atoms with Gasteiger partial charge in [0.15, 0.2) is 9.84 Å². The Balaban J connectivity index is 0.00000288. The molecular weight excluding hydrogens is 356 g/mol. The topological polar surface area (TPSA) is 95.0 Å². The third kappa shape index (κ3) is 5.32. The number of carboxylic acid groups (broad SMARTS) is 1. The molecule has 0 aromatic heterocycles. The third-order valence-corrected chi connectivity index (χ3v) is 6.46. The zero-order valence-electron chi connectivity index (χ0n) is 14.0. The van der Waals surface area contributed by atoms with Gasteiger partial charge in [-0.25, -0.2) is 8.42 Å². The minimum Gasteiger partial charge on any atom is -0.480 e. The van der Waals surface area contributed by atoms with E-state index in [2.05, 4.69) is 0 Å². The lowest BCUT2D eigenvalue weighted by molar-refractivity contribution is -0.143. The molecular formula is C15H27ClN2O5S. The molecule has 0 saturated carbocycles. The number of carboxylic acids is 1. The highest BCUT2D eigenvalue weighted by Crippen LogP contribution is 2.21. The second kappa shape index (κ2) is 9.01. The van der Waals surface area contributed by atoms with E-state index >= 15 is 0 Å². The summed E-state index contributed by atoms with van der Waals surface area (Å²) in [5.74, 6) is -0.868. The number of halogens is 1. The highest BCUT2D eigenvalue weighted by molar-refractivity contribution is 7.91. The number of hydrogen-bond donors (Lipinski definition) is 1. The summed E-state index contributed by atoms with van der Waals surface area (Å²) in [5.41, 5.74) is 0. The fourth-order valence-corrected chi connectivity index (χ4v) is 5.15. The molecule has 24 heavy (non-hydrogen) atoms. The highest BCUT2D eigenvalue weighted by Gasteiger charge is 2.37. The zero-order valence-corrected chi connectivity index (χ0v) is 15.6. The summed E-state index contributed by atoms with van der Waals surface area (Å²) < 4.78 is 23.4. The van der Waals surface area contributed by atoms with Crippen LogP contribution in [0.15, 0.2) is 0 Å². The molecule has 1 amide bonds. The molecule has 2 atom stereocenters. The second-order valence-corrected chi connectivity index (χ2v) is 8.69. The Morgan fingerprint density at radius 2 is 2.00 bits per heavy atom. The van der Waals surface area contributed by atoms with Crippen LogP contribution in [-0.2, 0) is 19.4 Å². The summed E-state index contributed by atoms with van der Waals surface area (Å²) in [5, 5.41) is 9.21. The Labute approximate surface area is 149 Å². The molecule has 0 aromatic rings. The van der Waals surface area contributed by atoms with E-state index in [4.69, 9.17) is 0 Å². The van der Waals surface area contributed by atoms with Gasteiger partial charge in [0.25, 0.3) is 0 Å². The summed E-state index contributed by atoms with van der Waals surface area (Å²) >= 11 is 0. The first-order chi connectivity index (χ1) is 10.8. The standard InChI is InChI=1S/C15H26N2O5S.ClH/c1-2-3-8-17(12-6-9-23(21,22)11-12)14(18)10-16-7-4-5-13(16)15(19)20;/h12-13H,2-11H2,1H3,(H,19,20);1H. The van der Waals surface area contributed by atoms with E-state index < -0.39 is 21.8 Å². The van der Waals surface area contributed by atoms with Gasteiger partial charge >= 0.3 is 5.97 Å². The van der Waals surface area contributed by atoms with Gasteiger partial charge in [-0.2, -0.15) is 0 Å². The first kappa shape index (κ1) is 21.2. The first-order valence-electron chi connectivity index (χ1n) is 8.31. The number of nitrogens with zero attached hydrogens (tertiary/aromatic N) is 2. The van der Waals surface area contributed by atoms with E-state index in [0.717, 1.165) is 19.3 Å². The van der Waals surface area contributed by atoms with Crippen molar-refractivity contribution in [2.24, 2.45) is 0 Å². The van der Waals surface area contributed by atoms with Crippen molar-refractivity contribution in [3.05, 3.63) is 0 Å². The van der Waals surface area contributed by atoms with Crippen LogP contribution in [0.1, 0.15) is 39.0 Å². The monoisotopic (exact) mass is 382 g/mol. The number of sulfone groups is 1. The Morgan fingerprint density at radius 1 is 1.29 bits per heavy atom. The lowest BCUT2D eigenvalue weighted by atomic mass is 10.2. The van der Waals surface area contributed by atoms with Gasteiger partial charge in [0.2, 0.25) is 5.91 Å². The van der Waals surface area contributed by atoms with Gasteiger partial charge in [0, 0.05) is 12.6 Å². The maximum Gasteiger partial charge on any atom is 0.320 e. The van der Waals surface area contributed by atoms with E-state index in [9.17, 15) is 23.1 Å². The van der Waals surface area contributed by atoms with E-state index in [1.54, 1.807) is 9.80 Å². The molecule has 1 N–H and O–H groups in total. The van der Waals surface area contributed by atoms with Crippen molar-refractivity contribution in [3.63, 3.8) is 0 Å². The fourth-order valence-electron chi connectivity index (χ4n) is 3.42. The summed E-state index contributed by atoms with van der Waals surface area (Å²) in [6.07, 6.45) is 3.57.